The highest BCUT2D eigenvalue weighted by Gasteiger charge is 2.27. The summed E-state index contributed by atoms with van der Waals surface area (Å²) in [6.45, 7) is 4.66. The number of nitrogens with one attached hydrogen (secondary N) is 2. The minimum absolute atomic E-state index is 0.0732. The van der Waals surface area contributed by atoms with Crippen molar-refractivity contribution < 1.29 is 14.0 Å². The number of halogens is 1. The van der Waals surface area contributed by atoms with Crippen LogP contribution >= 0.6 is 0 Å². The van der Waals surface area contributed by atoms with Crippen LogP contribution in [0.15, 0.2) is 24.3 Å². The summed E-state index contributed by atoms with van der Waals surface area (Å²) in [5.74, 6) is -0.485. The van der Waals surface area contributed by atoms with Crippen molar-refractivity contribution in [1.82, 2.24) is 15.1 Å². The lowest BCUT2D eigenvalue weighted by Crippen LogP contribution is -2.55. The second-order valence-electron chi connectivity index (χ2n) is 5.62. The predicted octanol–water partition coefficient (Wildman–Crippen LogP) is 0.516. The van der Waals surface area contributed by atoms with E-state index in [2.05, 4.69) is 10.6 Å². The van der Waals surface area contributed by atoms with Gasteiger partial charge in [0.15, 0.2) is 0 Å². The molecule has 1 heterocycles. The van der Waals surface area contributed by atoms with Crippen LogP contribution in [0, 0.1) is 5.82 Å². The first-order chi connectivity index (χ1) is 11.0. The van der Waals surface area contributed by atoms with Crippen molar-refractivity contribution >= 4 is 17.5 Å². The third-order valence-electron chi connectivity index (χ3n) is 4.01. The molecule has 1 aliphatic heterocycles. The Kier molecular flexibility index (Phi) is 6.06. The maximum atomic E-state index is 13.2. The van der Waals surface area contributed by atoms with Crippen LogP contribution in [-0.4, -0.2) is 67.4 Å². The van der Waals surface area contributed by atoms with Gasteiger partial charge >= 0.3 is 0 Å². The van der Waals surface area contributed by atoms with Crippen LogP contribution in [0.4, 0.5) is 10.1 Å². The molecule has 126 valence electrons. The molecule has 1 fully saturated rings. The van der Waals surface area contributed by atoms with E-state index in [1.54, 1.807) is 24.1 Å². The van der Waals surface area contributed by atoms with E-state index in [-0.39, 0.29) is 23.7 Å². The number of hydrogen-bond acceptors (Lipinski definition) is 4. The van der Waals surface area contributed by atoms with Gasteiger partial charge in [-0.1, -0.05) is 6.07 Å². The van der Waals surface area contributed by atoms with E-state index in [1.807, 2.05) is 11.8 Å². The second kappa shape index (κ2) is 8.03. The van der Waals surface area contributed by atoms with Crippen molar-refractivity contribution in [3.63, 3.8) is 0 Å². The van der Waals surface area contributed by atoms with Gasteiger partial charge in [-0.15, -0.1) is 0 Å². The molecule has 6 nitrogen and oxygen atoms in total. The number of carbonyl (C=O) groups is 2. The summed E-state index contributed by atoms with van der Waals surface area (Å²) < 4.78 is 13.2. The third kappa shape index (κ3) is 4.74. The topological polar surface area (TPSA) is 64.7 Å². The summed E-state index contributed by atoms with van der Waals surface area (Å²) in [7, 11) is 1.74. The van der Waals surface area contributed by atoms with Crippen molar-refractivity contribution in [2.45, 2.75) is 13.0 Å². The van der Waals surface area contributed by atoms with E-state index in [0.717, 1.165) is 0 Å². The molecule has 1 aromatic carbocycles. The molecule has 1 atom stereocenters. The number of carbonyl (C=O) groups excluding carboxylic acids is 2. The Morgan fingerprint density at radius 2 is 1.96 bits per heavy atom. The molecule has 1 unspecified atom stereocenters. The monoisotopic (exact) mass is 322 g/mol. The third-order valence-corrected chi connectivity index (χ3v) is 4.01. The van der Waals surface area contributed by atoms with Gasteiger partial charge in [0.1, 0.15) is 5.82 Å². The van der Waals surface area contributed by atoms with Crippen LogP contribution in [0.5, 0.6) is 0 Å². The molecule has 0 spiro atoms. The van der Waals surface area contributed by atoms with Gasteiger partial charge in [-0.3, -0.25) is 14.5 Å². The summed E-state index contributed by atoms with van der Waals surface area (Å²) in [6, 6.07) is 5.50. The maximum Gasteiger partial charge on any atom is 0.241 e. The molecule has 0 saturated carbocycles. The van der Waals surface area contributed by atoms with Crippen molar-refractivity contribution in [3.8, 4) is 0 Å². The maximum absolute atomic E-state index is 13.2. The van der Waals surface area contributed by atoms with Gasteiger partial charge in [0.25, 0.3) is 0 Å². The minimum atomic E-state index is -0.382. The Balaban J connectivity index is 1.85. The first-order valence-electron chi connectivity index (χ1n) is 7.74. The average Bonchev–Trinajstić information content (AvgIpc) is 2.54. The normalized spacial score (nSPS) is 16.9. The number of benzene rings is 1. The molecule has 2 N–H and O–H groups in total. The summed E-state index contributed by atoms with van der Waals surface area (Å²) in [6.07, 6.45) is 0. The number of piperazine rings is 1. The van der Waals surface area contributed by atoms with Gasteiger partial charge in [0.2, 0.25) is 11.8 Å². The molecule has 0 aliphatic carbocycles. The van der Waals surface area contributed by atoms with Crippen LogP contribution in [0.1, 0.15) is 6.92 Å². The Morgan fingerprint density at radius 3 is 2.57 bits per heavy atom. The quantitative estimate of drug-likeness (QED) is 0.829. The van der Waals surface area contributed by atoms with Gasteiger partial charge in [-0.25, -0.2) is 4.39 Å². The van der Waals surface area contributed by atoms with Gasteiger partial charge in [-0.2, -0.15) is 0 Å². The number of anilines is 1. The SMILES string of the molecule is CNCC(=O)N1CCN(C(C)C(=O)Nc2cccc(F)c2)CC1. The standard InChI is InChI=1S/C16H23FN4O2/c1-12(16(23)19-14-5-3-4-13(17)10-14)20-6-8-21(9-7-20)15(22)11-18-2/h3-5,10,12,18H,6-9,11H2,1-2H3,(H,19,23). The lowest BCUT2D eigenvalue weighted by molar-refractivity contribution is -0.132. The number of amides is 2. The first kappa shape index (κ1) is 17.4. The highest BCUT2D eigenvalue weighted by atomic mass is 19.1. The second-order valence-corrected chi connectivity index (χ2v) is 5.62. The summed E-state index contributed by atoms with van der Waals surface area (Å²) in [5, 5.41) is 5.57. The molecule has 1 aliphatic rings. The molecule has 23 heavy (non-hydrogen) atoms. The van der Waals surface area contributed by atoms with Gasteiger partial charge in [0, 0.05) is 31.9 Å². The number of rotatable bonds is 5. The van der Waals surface area contributed by atoms with Crippen LogP contribution in [0.3, 0.4) is 0 Å². The Bertz CT molecular complexity index is 559. The van der Waals surface area contributed by atoms with Crippen molar-refractivity contribution in [3.05, 3.63) is 30.1 Å². The van der Waals surface area contributed by atoms with Gasteiger partial charge in [-0.05, 0) is 32.2 Å². The molecule has 1 aromatic rings. The van der Waals surface area contributed by atoms with E-state index in [9.17, 15) is 14.0 Å². The summed E-state index contributed by atoms with van der Waals surface area (Å²) in [4.78, 5) is 27.9. The summed E-state index contributed by atoms with van der Waals surface area (Å²) in [5.41, 5.74) is 0.449. The molecule has 0 aromatic heterocycles. The molecule has 0 radical (unpaired) electrons. The van der Waals surface area contributed by atoms with Crippen LogP contribution in [0.2, 0.25) is 0 Å². The Labute approximate surface area is 135 Å². The smallest absolute Gasteiger partial charge is 0.241 e. The molecule has 0 bridgehead atoms. The van der Waals surface area contributed by atoms with Crippen LogP contribution in [0.25, 0.3) is 0 Å². The van der Waals surface area contributed by atoms with Gasteiger partial charge < -0.3 is 15.5 Å². The van der Waals surface area contributed by atoms with E-state index >= 15 is 0 Å². The Hall–Kier alpha value is -1.99. The van der Waals surface area contributed by atoms with Crippen molar-refractivity contribution in [1.29, 1.82) is 0 Å². The van der Waals surface area contributed by atoms with Crippen LogP contribution in [-0.2, 0) is 9.59 Å². The average molecular weight is 322 g/mol. The number of nitrogens with zero attached hydrogens (tertiary/aromatic N) is 2. The fraction of sp³-hybridized carbons (Fsp3) is 0.500. The largest absolute Gasteiger partial charge is 0.339 e. The zero-order chi connectivity index (χ0) is 16.8. The van der Waals surface area contributed by atoms with Crippen molar-refractivity contribution in [2.75, 3.05) is 45.1 Å². The predicted molar refractivity (Wildman–Crippen MR) is 86.6 cm³/mol. The zero-order valence-corrected chi connectivity index (χ0v) is 13.5. The lowest BCUT2D eigenvalue weighted by Gasteiger charge is -2.37. The zero-order valence-electron chi connectivity index (χ0n) is 13.5. The minimum Gasteiger partial charge on any atom is -0.339 e. The van der Waals surface area contributed by atoms with Gasteiger partial charge in [0.05, 0.1) is 12.6 Å². The lowest BCUT2D eigenvalue weighted by atomic mass is 10.2. The molecule has 2 rings (SSSR count). The summed E-state index contributed by atoms with van der Waals surface area (Å²) >= 11 is 0. The fourth-order valence-corrected chi connectivity index (χ4v) is 2.60. The number of hydrogen-bond donors (Lipinski definition) is 2. The molecule has 2 amide bonds. The molecular weight excluding hydrogens is 299 g/mol. The molecule has 1 saturated heterocycles. The van der Waals surface area contributed by atoms with Crippen molar-refractivity contribution in [2.24, 2.45) is 0 Å². The molecular formula is C16H23FN4O2. The fourth-order valence-electron chi connectivity index (χ4n) is 2.60. The van der Waals surface area contributed by atoms with E-state index in [1.165, 1.54) is 12.1 Å². The Morgan fingerprint density at radius 1 is 1.26 bits per heavy atom. The van der Waals surface area contributed by atoms with Crippen LogP contribution < -0.4 is 10.6 Å². The highest BCUT2D eigenvalue weighted by molar-refractivity contribution is 5.94. The highest BCUT2D eigenvalue weighted by Crippen LogP contribution is 2.12. The van der Waals surface area contributed by atoms with E-state index < -0.39 is 0 Å². The number of likely N-dealkylation sites (N-methyl/N-ethyl adjacent to an activating group) is 1. The first-order valence-corrected chi connectivity index (χ1v) is 7.74. The van der Waals surface area contributed by atoms with E-state index in [4.69, 9.17) is 0 Å². The molecule has 7 heteroatoms. The van der Waals surface area contributed by atoms with E-state index in [0.29, 0.717) is 38.4 Å².